The number of β-amino-alcohol motifs (C(OH)–C–C–N with tert-alkyl or cyclic N) is 1. The molecule has 1 aliphatic rings. The Kier molecular flexibility index (Phi) is 16.0. The van der Waals surface area contributed by atoms with Gasteiger partial charge < -0.3 is 30.3 Å². The van der Waals surface area contributed by atoms with Crippen LogP contribution in [0.1, 0.15) is 78.6 Å². The summed E-state index contributed by atoms with van der Waals surface area (Å²) >= 11 is 3.02. The average molecular weight is 775 g/mol. The minimum atomic E-state index is -0.697. The van der Waals surface area contributed by atoms with Crippen molar-refractivity contribution in [1.29, 1.82) is 0 Å². The summed E-state index contributed by atoms with van der Waals surface area (Å²) in [5.74, 6) is 0.248. The number of Topliss-reactive ketones (excluding diaryl/α,β-unsaturated/α-hetero) is 1. The van der Waals surface area contributed by atoms with Gasteiger partial charge >= 0.3 is 12.1 Å². The number of alkyl carbamates (subject to hydrolysis) is 1. The van der Waals surface area contributed by atoms with Crippen molar-refractivity contribution in [1.82, 2.24) is 30.4 Å². The Bertz CT molecular complexity index is 1720. The number of likely N-dealkylation sites (tertiary alicyclic amines) is 1. The number of hydrogen-bond donors (Lipinski definition) is 3. The molecule has 4 aromatic rings. The summed E-state index contributed by atoms with van der Waals surface area (Å²) in [5.41, 5.74) is 4.75. The van der Waals surface area contributed by atoms with Crippen LogP contribution in [0.25, 0.3) is 0 Å². The lowest BCUT2D eigenvalue weighted by Gasteiger charge is -2.27. The fourth-order valence-electron chi connectivity index (χ4n) is 6.74. The van der Waals surface area contributed by atoms with Gasteiger partial charge in [0, 0.05) is 56.6 Å². The van der Waals surface area contributed by atoms with Gasteiger partial charge in [0.1, 0.15) is 6.61 Å². The molecule has 2 aromatic carbocycles. The maximum absolute atomic E-state index is 14.3. The van der Waals surface area contributed by atoms with E-state index in [4.69, 9.17) is 4.74 Å². The molecule has 1 aliphatic heterocycles. The van der Waals surface area contributed by atoms with E-state index in [0.717, 1.165) is 33.3 Å². The smallest absolute Gasteiger partial charge is 0.407 e. The molecule has 1 fully saturated rings. The van der Waals surface area contributed by atoms with Crippen LogP contribution >= 0.6 is 22.7 Å². The first-order valence-electron chi connectivity index (χ1n) is 18.9. The number of rotatable bonds is 20. The summed E-state index contributed by atoms with van der Waals surface area (Å²) < 4.78 is 5.53. The highest BCUT2D eigenvalue weighted by molar-refractivity contribution is 7.09. The summed E-state index contributed by atoms with van der Waals surface area (Å²) in [6.45, 7) is 6.61. The lowest BCUT2D eigenvalue weighted by Crippen LogP contribution is -2.48. The number of nitrogens with zero attached hydrogens (tertiary/aromatic N) is 4. The summed E-state index contributed by atoms with van der Waals surface area (Å²) in [4.78, 5) is 54.2. The van der Waals surface area contributed by atoms with Gasteiger partial charge in [-0.25, -0.2) is 14.6 Å². The molecule has 0 aliphatic carbocycles. The van der Waals surface area contributed by atoms with E-state index in [0.29, 0.717) is 64.1 Å². The second-order valence-electron chi connectivity index (χ2n) is 14.6. The third-order valence-corrected chi connectivity index (χ3v) is 11.7. The van der Waals surface area contributed by atoms with Crippen LogP contribution in [0.4, 0.5) is 9.59 Å². The standard InChI is InChI=1S/C41H54N6O5S2/c1-29(2)39-43-34(27-53-39)24-46(3)40(50)45-37(17-19-47-18-16-35(48)25-47)38(49)22-32(20-30-10-6-4-7-11-30)14-15-33(21-31-12-8-5-9-13-31)44-41(51)52-26-36-23-42-28-54-36/h4-13,23,27-29,32-33,35,37,48H,14-22,24-26H2,1-3H3,(H,44,51)(H,45,50). The molecule has 290 valence electrons. The van der Waals surface area contributed by atoms with Gasteiger partial charge in [-0.05, 0) is 55.6 Å². The zero-order valence-electron chi connectivity index (χ0n) is 31.6. The number of ketones is 1. The number of thiazole rings is 2. The molecule has 54 heavy (non-hydrogen) atoms. The van der Waals surface area contributed by atoms with Gasteiger partial charge in [0.05, 0.1) is 39.8 Å². The normalized spacial score (nSPS) is 16.1. The molecular formula is C41H54N6O5S2. The van der Waals surface area contributed by atoms with Gasteiger partial charge in [-0.2, -0.15) is 0 Å². The summed E-state index contributed by atoms with van der Waals surface area (Å²) in [6.07, 6.45) is 4.86. The van der Waals surface area contributed by atoms with E-state index in [1.807, 2.05) is 53.9 Å². The van der Waals surface area contributed by atoms with Crippen LogP contribution < -0.4 is 10.6 Å². The SMILES string of the molecule is CC(C)c1nc(CN(C)C(=O)NC(CCN2CCC(O)C2)C(=O)CC(CCC(Cc2ccccc2)NC(=O)OCc2cncs2)Cc2ccccc2)cs1. The fraction of sp³-hybridized carbons (Fsp3) is 0.488. The molecule has 3 amide bonds. The Morgan fingerprint density at radius 1 is 0.981 bits per heavy atom. The topological polar surface area (TPSA) is 137 Å². The summed E-state index contributed by atoms with van der Waals surface area (Å²) in [5, 5.41) is 19.3. The van der Waals surface area contributed by atoms with Crippen LogP contribution in [0.15, 0.2) is 77.8 Å². The van der Waals surface area contributed by atoms with Gasteiger partial charge in [-0.1, -0.05) is 74.5 Å². The van der Waals surface area contributed by atoms with E-state index in [9.17, 15) is 19.5 Å². The third kappa shape index (κ3) is 13.6. The molecule has 1 saturated heterocycles. The monoisotopic (exact) mass is 774 g/mol. The maximum Gasteiger partial charge on any atom is 0.407 e. The quantitative estimate of drug-likeness (QED) is 0.0890. The molecule has 11 nitrogen and oxygen atoms in total. The number of nitrogens with one attached hydrogen (secondary N) is 2. The molecular weight excluding hydrogens is 721 g/mol. The molecule has 0 bridgehead atoms. The van der Waals surface area contributed by atoms with Crippen molar-refractivity contribution in [2.75, 3.05) is 26.7 Å². The van der Waals surface area contributed by atoms with E-state index in [1.165, 1.54) is 11.3 Å². The number of carbonyl (C=O) groups is 3. The maximum atomic E-state index is 14.3. The highest BCUT2D eigenvalue weighted by Gasteiger charge is 2.29. The molecule has 3 heterocycles. The third-order valence-electron chi connectivity index (χ3n) is 9.73. The zero-order chi connectivity index (χ0) is 38.3. The molecule has 13 heteroatoms. The molecule has 3 N–H and O–H groups in total. The zero-order valence-corrected chi connectivity index (χ0v) is 33.2. The van der Waals surface area contributed by atoms with Crippen LogP contribution in [-0.2, 0) is 35.5 Å². The number of amides is 3. The first-order valence-corrected chi connectivity index (χ1v) is 20.6. The Morgan fingerprint density at radius 2 is 1.70 bits per heavy atom. The van der Waals surface area contributed by atoms with Crippen molar-refractivity contribution in [3.8, 4) is 0 Å². The van der Waals surface area contributed by atoms with Crippen molar-refractivity contribution in [3.63, 3.8) is 0 Å². The van der Waals surface area contributed by atoms with E-state index in [1.54, 1.807) is 35.0 Å². The van der Waals surface area contributed by atoms with Gasteiger partial charge in [0.15, 0.2) is 5.78 Å². The number of hydrogen-bond acceptors (Lipinski definition) is 10. The van der Waals surface area contributed by atoms with Crippen LogP contribution in [0.2, 0.25) is 0 Å². The minimum Gasteiger partial charge on any atom is -0.444 e. The van der Waals surface area contributed by atoms with E-state index in [2.05, 4.69) is 51.5 Å². The van der Waals surface area contributed by atoms with Crippen molar-refractivity contribution >= 4 is 40.6 Å². The minimum absolute atomic E-state index is 0.0234. The lowest BCUT2D eigenvalue weighted by molar-refractivity contribution is -0.122. The van der Waals surface area contributed by atoms with E-state index in [-0.39, 0.29) is 42.9 Å². The van der Waals surface area contributed by atoms with Crippen molar-refractivity contribution in [2.24, 2.45) is 5.92 Å². The van der Waals surface area contributed by atoms with Crippen molar-refractivity contribution in [3.05, 3.63) is 104 Å². The highest BCUT2D eigenvalue weighted by atomic mass is 32.1. The van der Waals surface area contributed by atoms with Crippen LogP contribution in [0, 0.1) is 5.92 Å². The van der Waals surface area contributed by atoms with Crippen molar-refractivity contribution < 1.29 is 24.2 Å². The van der Waals surface area contributed by atoms with Gasteiger partial charge in [0.2, 0.25) is 0 Å². The lowest BCUT2D eigenvalue weighted by atomic mass is 9.86. The molecule has 0 radical (unpaired) electrons. The number of aromatic nitrogens is 2. The molecule has 2 aromatic heterocycles. The van der Waals surface area contributed by atoms with Crippen LogP contribution in [-0.4, -0.2) is 87.7 Å². The highest BCUT2D eigenvalue weighted by Crippen LogP contribution is 2.24. The number of aliphatic hydroxyl groups is 1. The molecule has 5 rings (SSSR count). The number of carbonyl (C=O) groups excluding carboxylic acids is 3. The Morgan fingerprint density at radius 3 is 2.33 bits per heavy atom. The Labute approximate surface area is 327 Å². The number of aliphatic hydroxyl groups excluding tert-OH is 1. The predicted molar refractivity (Wildman–Crippen MR) is 214 cm³/mol. The molecule has 4 atom stereocenters. The first kappa shape index (κ1) is 41.0. The number of ether oxygens (including phenoxy) is 1. The largest absolute Gasteiger partial charge is 0.444 e. The predicted octanol–water partition coefficient (Wildman–Crippen LogP) is 6.83. The van der Waals surface area contributed by atoms with Gasteiger partial charge in [-0.15, -0.1) is 22.7 Å². The van der Waals surface area contributed by atoms with Crippen LogP contribution in [0.5, 0.6) is 0 Å². The summed E-state index contributed by atoms with van der Waals surface area (Å²) in [7, 11) is 1.72. The van der Waals surface area contributed by atoms with Gasteiger partial charge in [-0.3, -0.25) is 9.78 Å². The van der Waals surface area contributed by atoms with Gasteiger partial charge in [0.25, 0.3) is 0 Å². The second kappa shape index (κ2) is 21.1. The first-order chi connectivity index (χ1) is 26.1. The molecule has 4 unspecified atom stereocenters. The summed E-state index contributed by atoms with van der Waals surface area (Å²) in [6, 6.07) is 18.9. The molecule has 0 saturated carbocycles. The average Bonchev–Trinajstić information content (AvgIpc) is 3.95. The van der Waals surface area contributed by atoms with Crippen molar-refractivity contribution in [2.45, 2.75) is 96.1 Å². The van der Waals surface area contributed by atoms with E-state index >= 15 is 0 Å². The Balaban J connectivity index is 1.28. The van der Waals surface area contributed by atoms with Crippen LogP contribution in [0.3, 0.4) is 0 Å². The number of urea groups is 1. The Hall–Kier alpha value is -4.17. The fourth-order valence-corrected chi connectivity index (χ4v) is 8.08. The molecule has 0 spiro atoms. The number of benzene rings is 2. The second-order valence-corrected chi connectivity index (χ2v) is 16.5. The van der Waals surface area contributed by atoms with E-state index < -0.39 is 12.1 Å².